The largest absolute Gasteiger partial charge is 0.339 e. The summed E-state index contributed by atoms with van der Waals surface area (Å²) < 4.78 is 0.921. The van der Waals surface area contributed by atoms with Gasteiger partial charge in [0.15, 0.2) is 0 Å². The second-order valence-electron chi connectivity index (χ2n) is 4.95. The van der Waals surface area contributed by atoms with E-state index in [0.717, 1.165) is 15.7 Å². The van der Waals surface area contributed by atoms with Crippen LogP contribution in [0.25, 0.3) is 0 Å². The maximum absolute atomic E-state index is 6.23. The first-order valence-electron chi connectivity index (χ1n) is 6.49. The lowest BCUT2D eigenvalue weighted by Crippen LogP contribution is -2.14. The fraction of sp³-hybridized carbons (Fsp3) is 0.286. The van der Waals surface area contributed by atoms with Crippen molar-refractivity contribution in [2.45, 2.75) is 26.7 Å². The van der Waals surface area contributed by atoms with Crippen LogP contribution < -0.4 is 16.6 Å². The molecule has 1 heterocycles. The fourth-order valence-corrected chi connectivity index (χ4v) is 2.49. The summed E-state index contributed by atoms with van der Waals surface area (Å²) in [4.78, 5) is 8.95. The Morgan fingerprint density at radius 3 is 2.48 bits per heavy atom. The van der Waals surface area contributed by atoms with Gasteiger partial charge in [0.2, 0.25) is 0 Å². The Hall–Kier alpha value is -1.37. The van der Waals surface area contributed by atoms with Crippen LogP contribution in [0.1, 0.15) is 31.2 Å². The predicted molar refractivity (Wildman–Crippen MR) is 91.1 cm³/mol. The molecule has 21 heavy (non-hydrogen) atoms. The van der Waals surface area contributed by atoms with Crippen molar-refractivity contribution in [1.29, 1.82) is 0 Å². The van der Waals surface area contributed by atoms with Gasteiger partial charge >= 0.3 is 0 Å². The van der Waals surface area contributed by atoms with Gasteiger partial charge in [-0.15, -0.1) is 0 Å². The van der Waals surface area contributed by atoms with Crippen LogP contribution in [0.2, 0.25) is 5.02 Å². The summed E-state index contributed by atoms with van der Waals surface area (Å²) in [5, 5.41) is 3.85. The maximum atomic E-state index is 6.23. The molecule has 0 aliphatic heterocycles. The van der Waals surface area contributed by atoms with Crippen LogP contribution in [0.5, 0.6) is 0 Å². The predicted octanol–water partition coefficient (Wildman–Crippen LogP) is 4.35. The monoisotopic (exact) mass is 369 g/mol. The molecule has 0 amide bonds. The average molecular weight is 371 g/mol. The number of rotatable bonds is 4. The highest BCUT2D eigenvalue weighted by molar-refractivity contribution is 9.10. The number of hydrogen-bond donors (Lipinski definition) is 3. The number of nitrogens with zero attached hydrogens (tertiary/aromatic N) is 2. The van der Waals surface area contributed by atoms with Gasteiger partial charge in [-0.1, -0.05) is 41.4 Å². The number of benzene rings is 1. The molecule has 112 valence electrons. The van der Waals surface area contributed by atoms with E-state index in [0.29, 0.717) is 22.5 Å². The van der Waals surface area contributed by atoms with Gasteiger partial charge in [0, 0.05) is 16.0 Å². The van der Waals surface area contributed by atoms with Crippen LogP contribution in [-0.4, -0.2) is 9.97 Å². The average Bonchev–Trinajstić information content (AvgIpc) is 2.43. The molecule has 1 aromatic carbocycles. The number of nitrogens with one attached hydrogen (secondary N) is 2. The van der Waals surface area contributed by atoms with Crippen molar-refractivity contribution in [1.82, 2.24) is 9.97 Å². The molecule has 2 aromatic rings. The van der Waals surface area contributed by atoms with Gasteiger partial charge in [0.25, 0.3) is 0 Å². The van der Waals surface area contributed by atoms with Crippen LogP contribution in [-0.2, 0) is 0 Å². The third-order valence-corrected chi connectivity index (χ3v) is 3.81. The van der Waals surface area contributed by atoms with Gasteiger partial charge in [-0.2, -0.15) is 0 Å². The van der Waals surface area contributed by atoms with Crippen LogP contribution in [0.15, 0.2) is 22.7 Å². The van der Waals surface area contributed by atoms with E-state index < -0.39 is 0 Å². The molecule has 0 saturated heterocycles. The topological polar surface area (TPSA) is 75.9 Å². The number of hydrogen-bond acceptors (Lipinski definition) is 5. The number of hydrazine groups is 1. The quantitative estimate of drug-likeness (QED) is 0.551. The Balaban J connectivity index is 2.45. The third-order valence-electron chi connectivity index (χ3n) is 3.00. The Kier molecular flexibility index (Phi) is 5.03. The molecule has 0 bridgehead atoms. The van der Waals surface area contributed by atoms with E-state index in [2.05, 4.69) is 36.6 Å². The smallest absolute Gasteiger partial charge is 0.148 e. The molecule has 1 aromatic heterocycles. The van der Waals surface area contributed by atoms with Crippen LogP contribution in [0, 0.1) is 6.92 Å². The maximum Gasteiger partial charge on any atom is 0.148 e. The first-order valence-corrected chi connectivity index (χ1v) is 7.66. The molecule has 0 spiro atoms. The van der Waals surface area contributed by atoms with Crippen molar-refractivity contribution in [3.8, 4) is 0 Å². The number of nitrogen functional groups attached to an aromatic ring is 1. The highest BCUT2D eigenvalue weighted by Gasteiger charge is 2.13. The van der Waals surface area contributed by atoms with E-state index in [1.165, 1.54) is 0 Å². The van der Waals surface area contributed by atoms with Crippen LogP contribution in [0.3, 0.4) is 0 Å². The van der Waals surface area contributed by atoms with Crippen LogP contribution in [0.4, 0.5) is 17.3 Å². The molecular formula is C14H17BrClN5. The molecule has 5 nitrogen and oxygen atoms in total. The van der Waals surface area contributed by atoms with Crippen molar-refractivity contribution in [3.63, 3.8) is 0 Å². The first-order chi connectivity index (χ1) is 9.92. The van der Waals surface area contributed by atoms with Crippen molar-refractivity contribution in [2.24, 2.45) is 5.84 Å². The molecule has 0 atom stereocenters. The zero-order chi connectivity index (χ0) is 15.6. The van der Waals surface area contributed by atoms with E-state index >= 15 is 0 Å². The molecule has 0 aliphatic rings. The summed E-state index contributed by atoms with van der Waals surface area (Å²) >= 11 is 9.62. The lowest BCUT2D eigenvalue weighted by atomic mass is 10.2. The van der Waals surface area contributed by atoms with E-state index in [1.807, 2.05) is 39.0 Å². The van der Waals surface area contributed by atoms with Gasteiger partial charge < -0.3 is 10.7 Å². The summed E-state index contributed by atoms with van der Waals surface area (Å²) in [5.41, 5.74) is 4.22. The summed E-state index contributed by atoms with van der Waals surface area (Å²) in [6.45, 7) is 5.96. The van der Waals surface area contributed by atoms with E-state index in [1.54, 1.807) is 0 Å². The molecule has 0 fully saturated rings. The van der Waals surface area contributed by atoms with Gasteiger partial charge in [0.1, 0.15) is 17.5 Å². The zero-order valence-corrected chi connectivity index (χ0v) is 14.4. The molecule has 7 heteroatoms. The third kappa shape index (κ3) is 3.64. The number of anilines is 3. The lowest BCUT2D eigenvalue weighted by molar-refractivity contribution is 0.774. The first kappa shape index (κ1) is 16.0. The molecule has 0 unspecified atom stereocenters. The minimum atomic E-state index is 0.193. The van der Waals surface area contributed by atoms with Crippen LogP contribution >= 0.6 is 27.5 Å². The Labute approximate surface area is 137 Å². The molecule has 4 N–H and O–H groups in total. The van der Waals surface area contributed by atoms with Gasteiger partial charge in [-0.25, -0.2) is 15.8 Å². The van der Waals surface area contributed by atoms with Crippen molar-refractivity contribution < 1.29 is 0 Å². The number of aromatic nitrogens is 2. The Bertz CT molecular complexity index is 660. The summed E-state index contributed by atoms with van der Waals surface area (Å²) in [5.74, 6) is 7.72. The molecule has 2 rings (SSSR count). The number of halogens is 2. The second-order valence-corrected chi connectivity index (χ2v) is 6.28. The molecule has 0 aliphatic carbocycles. The highest BCUT2D eigenvalue weighted by atomic mass is 79.9. The Morgan fingerprint density at radius 2 is 1.90 bits per heavy atom. The van der Waals surface area contributed by atoms with Gasteiger partial charge in [-0.3, -0.25) is 0 Å². The van der Waals surface area contributed by atoms with Gasteiger partial charge in [0.05, 0.1) is 10.7 Å². The second kappa shape index (κ2) is 6.60. The van der Waals surface area contributed by atoms with Crippen molar-refractivity contribution in [3.05, 3.63) is 39.1 Å². The van der Waals surface area contributed by atoms with E-state index in [4.69, 9.17) is 17.4 Å². The lowest BCUT2D eigenvalue weighted by Gasteiger charge is -2.15. The fourth-order valence-electron chi connectivity index (χ4n) is 1.77. The number of nitrogens with two attached hydrogens (primary N) is 1. The van der Waals surface area contributed by atoms with E-state index in [9.17, 15) is 0 Å². The molecular weight excluding hydrogens is 354 g/mol. The van der Waals surface area contributed by atoms with Gasteiger partial charge in [-0.05, 0) is 25.1 Å². The van der Waals surface area contributed by atoms with Crippen molar-refractivity contribution in [2.75, 3.05) is 10.7 Å². The minimum Gasteiger partial charge on any atom is -0.339 e. The minimum absolute atomic E-state index is 0.193. The summed E-state index contributed by atoms with van der Waals surface area (Å²) in [7, 11) is 0. The highest BCUT2D eigenvalue weighted by Crippen LogP contribution is 2.30. The molecule has 0 saturated carbocycles. The zero-order valence-electron chi connectivity index (χ0n) is 12.0. The Morgan fingerprint density at radius 1 is 1.24 bits per heavy atom. The van der Waals surface area contributed by atoms with Crippen molar-refractivity contribution >= 4 is 44.9 Å². The normalized spacial score (nSPS) is 10.8. The summed E-state index contributed by atoms with van der Waals surface area (Å²) in [6, 6.07) is 5.63. The van der Waals surface area contributed by atoms with E-state index in [-0.39, 0.29) is 5.92 Å². The standard InChI is InChI=1S/C14H17BrClN5/c1-7(2)12-19-13(8(3)14(20-12)21-17)18-11-5-4-9(15)6-10(11)16/h4-7H,17H2,1-3H3,(H2,18,19,20,21). The molecule has 0 radical (unpaired) electrons. The SMILES string of the molecule is Cc1c(NN)nc(C(C)C)nc1Nc1ccc(Br)cc1Cl. The summed E-state index contributed by atoms with van der Waals surface area (Å²) in [6.07, 6.45) is 0.